The highest BCUT2D eigenvalue weighted by Gasteiger charge is 2.10. The van der Waals surface area contributed by atoms with Gasteiger partial charge in [-0.3, -0.25) is 4.79 Å². The molecule has 0 aliphatic carbocycles. The average molecular weight is 328 g/mol. The van der Waals surface area contributed by atoms with Crippen molar-refractivity contribution in [2.45, 2.75) is 26.7 Å². The van der Waals surface area contributed by atoms with Crippen LogP contribution in [0.5, 0.6) is 0 Å². The van der Waals surface area contributed by atoms with Crippen molar-refractivity contribution >= 4 is 22.4 Å². The lowest BCUT2D eigenvalue weighted by atomic mass is 10.1. The van der Waals surface area contributed by atoms with E-state index in [4.69, 9.17) is 4.42 Å². The van der Waals surface area contributed by atoms with Gasteiger partial charge in [-0.25, -0.2) is 4.98 Å². The first-order valence-electron chi connectivity index (χ1n) is 7.22. The van der Waals surface area contributed by atoms with E-state index in [2.05, 4.69) is 20.5 Å². The summed E-state index contributed by atoms with van der Waals surface area (Å²) in [6.45, 7) is 3.88. The van der Waals surface area contributed by atoms with Gasteiger partial charge in [-0.1, -0.05) is 41.2 Å². The number of rotatable bonds is 5. The normalized spacial score (nSPS) is 10.7. The van der Waals surface area contributed by atoms with Gasteiger partial charge >= 0.3 is 0 Å². The summed E-state index contributed by atoms with van der Waals surface area (Å²) >= 11 is 1.35. The van der Waals surface area contributed by atoms with Gasteiger partial charge in [0.05, 0.1) is 6.20 Å². The Morgan fingerprint density at radius 2 is 2.00 bits per heavy atom. The molecule has 1 N–H and O–H groups in total. The van der Waals surface area contributed by atoms with Gasteiger partial charge in [0, 0.05) is 18.4 Å². The fourth-order valence-corrected chi connectivity index (χ4v) is 2.63. The molecular formula is C16H16N4O2S. The first-order chi connectivity index (χ1) is 11.1. The van der Waals surface area contributed by atoms with Crippen LogP contribution in [0.15, 0.2) is 34.9 Å². The molecule has 1 amide bonds. The van der Waals surface area contributed by atoms with Crippen LogP contribution in [-0.4, -0.2) is 21.1 Å². The third kappa shape index (κ3) is 4.01. The molecule has 0 saturated carbocycles. The molecule has 0 atom stereocenters. The fraction of sp³-hybridized carbons (Fsp3) is 0.250. The molecule has 0 bridgehead atoms. The van der Waals surface area contributed by atoms with E-state index in [9.17, 15) is 4.79 Å². The molecular weight excluding hydrogens is 312 g/mol. The Hall–Kier alpha value is -2.54. The van der Waals surface area contributed by atoms with E-state index in [0.717, 1.165) is 10.6 Å². The van der Waals surface area contributed by atoms with Crippen LogP contribution in [0.4, 0.5) is 5.13 Å². The zero-order valence-electron chi connectivity index (χ0n) is 12.9. The van der Waals surface area contributed by atoms with Crippen molar-refractivity contribution < 1.29 is 9.21 Å². The number of carbonyl (C=O) groups excluding carboxylic acids is 1. The van der Waals surface area contributed by atoms with E-state index in [-0.39, 0.29) is 12.3 Å². The van der Waals surface area contributed by atoms with E-state index in [1.165, 1.54) is 16.9 Å². The molecule has 118 valence electrons. The van der Waals surface area contributed by atoms with Crippen molar-refractivity contribution in [3.63, 3.8) is 0 Å². The number of oxazole rings is 1. The maximum absolute atomic E-state index is 11.9. The van der Waals surface area contributed by atoms with E-state index in [1.54, 1.807) is 6.20 Å². The SMILES string of the molecule is Cc1ccc(-c2cnc(CCC(=O)Nc3nnc(C)s3)o2)cc1. The first-order valence-corrected chi connectivity index (χ1v) is 8.03. The number of anilines is 1. The molecule has 1 aromatic carbocycles. The van der Waals surface area contributed by atoms with Crippen LogP contribution in [0.25, 0.3) is 11.3 Å². The minimum absolute atomic E-state index is 0.128. The smallest absolute Gasteiger partial charge is 0.226 e. The predicted molar refractivity (Wildman–Crippen MR) is 88.3 cm³/mol. The number of aryl methyl sites for hydroxylation is 3. The summed E-state index contributed by atoms with van der Waals surface area (Å²) in [6, 6.07) is 8.03. The van der Waals surface area contributed by atoms with Crippen molar-refractivity contribution in [2.24, 2.45) is 0 Å². The lowest BCUT2D eigenvalue weighted by Crippen LogP contribution is -2.12. The first kappa shape index (κ1) is 15.4. The standard InChI is InChI=1S/C16H16N4O2S/c1-10-3-5-12(6-4-10)13-9-17-15(22-13)8-7-14(21)18-16-20-19-11(2)23-16/h3-6,9H,7-8H2,1-2H3,(H,18,20,21). The molecule has 2 aromatic heterocycles. The van der Waals surface area contributed by atoms with Crippen LogP contribution in [0.3, 0.4) is 0 Å². The highest BCUT2D eigenvalue weighted by atomic mass is 32.1. The molecule has 23 heavy (non-hydrogen) atoms. The van der Waals surface area contributed by atoms with Gasteiger partial charge < -0.3 is 9.73 Å². The highest BCUT2D eigenvalue weighted by molar-refractivity contribution is 7.15. The van der Waals surface area contributed by atoms with Crippen LogP contribution in [-0.2, 0) is 11.2 Å². The number of hydrogen-bond acceptors (Lipinski definition) is 6. The molecule has 0 radical (unpaired) electrons. The molecule has 2 heterocycles. The second-order valence-electron chi connectivity index (χ2n) is 5.16. The highest BCUT2D eigenvalue weighted by Crippen LogP contribution is 2.21. The molecule has 0 saturated heterocycles. The lowest BCUT2D eigenvalue weighted by Gasteiger charge is -1.99. The van der Waals surface area contributed by atoms with Crippen LogP contribution in [0.1, 0.15) is 22.9 Å². The van der Waals surface area contributed by atoms with Crippen molar-refractivity contribution in [1.29, 1.82) is 0 Å². The Labute approximate surface area is 137 Å². The Kier molecular flexibility index (Phi) is 4.47. The van der Waals surface area contributed by atoms with E-state index >= 15 is 0 Å². The Morgan fingerprint density at radius 1 is 1.22 bits per heavy atom. The lowest BCUT2D eigenvalue weighted by molar-refractivity contribution is -0.116. The third-order valence-electron chi connectivity index (χ3n) is 3.23. The minimum atomic E-state index is -0.128. The molecule has 0 fully saturated rings. The molecule has 0 unspecified atom stereocenters. The Bertz CT molecular complexity index is 808. The molecule has 0 aliphatic heterocycles. The number of hydrogen-bond donors (Lipinski definition) is 1. The largest absolute Gasteiger partial charge is 0.441 e. The Balaban J connectivity index is 1.56. The van der Waals surface area contributed by atoms with Gasteiger partial charge in [-0.2, -0.15) is 0 Å². The predicted octanol–water partition coefficient (Wildman–Crippen LogP) is 3.38. The van der Waals surface area contributed by atoms with E-state index < -0.39 is 0 Å². The minimum Gasteiger partial charge on any atom is -0.441 e. The summed E-state index contributed by atoms with van der Waals surface area (Å²) < 4.78 is 5.70. The summed E-state index contributed by atoms with van der Waals surface area (Å²) in [5, 5.41) is 11.8. The third-order valence-corrected chi connectivity index (χ3v) is 3.98. The zero-order chi connectivity index (χ0) is 16.2. The molecule has 3 aromatic rings. The van der Waals surface area contributed by atoms with Crippen molar-refractivity contribution in [2.75, 3.05) is 5.32 Å². The van der Waals surface area contributed by atoms with Gasteiger partial charge in [-0.05, 0) is 13.8 Å². The van der Waals surface area contributed by atoms with E-state index in [1.807, 2.05) is 38.1 Å². The summed E-state index contributed by atoms with van der Waals surface area (Å²) in [5.74, 6) is 1.13. The van der Waals surface area contributed by atoms with Gasteiger partial charge in [-0.15, -0.1) is 10.2 Å². The number of amides is 1. The monoisotopic (exact) mass is 328 g/mol. The van der Waals surface area contributed by atoms with E-state index in [0.29, 0.717) is 23.2 Å². The molecule has 3 rings (SSSR count). The Morgan fingerprint density at radius 3 is 2.70 bits per heavy atom. The second kappa shape index (κ2) is 6.70. The summed E-state index contributed by atoms with van der Waals surface area (Å²) in [4.78, 5) is 16.1. The van der Waals surface area contributed by atoms with Gasteiger partial charge in [0.2, 0.25) is 11.0 Å². The number of benzene rings is 1. The molecule has 7 heteroatoms. The molecule has 6 nitrogen and oxygen atoms in total. The van der Waals surface area contributed by atoms with Crippen LogP contribution < -0.4 is 5.32 Å². The maximum Gasteiger partial charge on any atom is 0.226 e. The van der Waals surface area contributed by atoms with Crippen LogP contribution in [0, 0.1) is 13.8 Å². The second-order valence-corrected chi connectivity index (χ2v) is 6.34. The molecule has 0 aliphatic rings. The van der Waals surface area contributed by atoms with Crippen molar-refractivity contribution in [3.05, 3.63) is 46.9 Å². The van der Waals surface area contributed by atoms with Crippen LogP contribution in [0.2, 0.25) is 0 Å². The number of nitrogens with zero attached hydrogens (tertiary/aromatic N) is 3. The number of nitrogens with one attached hydrogen (secondary N) is 1. The average Bonchev–Trinajstić information content (AvgIpc) is 3.15. The van der Waals surface area contributed by atoms with Crippen molar-refractivity contribution in [3.8, 4) is 11.3 Å². The van der Waals surface area contributed by atoms with Gasteiger partial charge in [0.15, 0.2) is 11.7 Å². The topological polar surface area (TPSA) is 80.9 Å². The van der Waals surface area contributed by atoms with Crippen molar-refractivity contribution in [1.82, 2.24) is 15.2 Å². The number of carbonyl (C=O) groups is 1. The van der Waals surface area contributed by atoms with Gasteiger partial charge in [0.1, 0.15) is 5.01 Å². The summed E-state index contributed by atoms with van der Waals surface area (Å²) in [6.07, 6.45) is 2.41. The van der Waals surface area contributed by atoms with Gasteiger partial charge in [0.25, 0.3) is 0 Å². The van der Waals surface area contributed by atoms with Crippen LogP contribution >= 0.6 is 11.3 Å². The fourth-order valence-electron chi connectivity index (χ4n) is 2.03. The molecule has 0 spiro atoms. The summed E-state index contributed by atoms with van der Waals surface area (Å²) in [5.41, 5.74) is 2.17. The summed E-state index contributed by atoms with van der Waals surface area (Å²) in [7, 11) is 0. The number of aromatic nitrogens is 3. The zero-order valence-corrected chi connectivity index (χ0v) is 13.7. The quantitative estimate of drug-likeness (QED) is 0.776. The maximum atomic E-state index is 11.9.